The molecule has 0 aliphatic carbocycles. The van der Waals surface area contributed by atoms with Crippen molar-refractivity contribution in [2.75, 3.05) is 6.61 Å². The van der Waals surface area contributed by atoms with Crippen LogP contribution in [0.5, 0.6) is 5.88 Å². The van der Waals surface area contributed by atoms with Crippen LogP contribution in [-0.4, -0.2) is 27.3 Å². The van der Waals surface area contributed by atoms with Crippen molar-refractivity contribution in [2.24, 2.45) is 7.05 Å². The first kappa shape index (κ1) is 22.4. The van der Waals surface area contributed by atoms with Crippen molar-refractivity contribution in [3.8, 4) is 17.1 Å². The number of aryl methyl sites for hydroxylation is 2. The highest BCUT2D eigenvalue weighted by Crippen LogP contribution is 2.36. The van der Waals surface area contributed by atoms with Crippen molar-refractivity contribution in [2.45, 2.75) is 26.3 Å². The first-order valence-corrected chi connectivity index (χ1v) is 10.5. The molecule has 33 heavy (non-hydrogen) atoms. The molecule has 0 saturated carbocycles. The van der Waals surface area contributed by atoms with E-state index < -0.39 is 6.43 Å². The molecule has 0 fully saturated rings. The fraction of sp³-hybridized carbons (Fsp3) is 0.240. The van der Waals surface area contributed by atoms with Gasteiger partial charge in [0.05, 0.1) is 11.4 Å². The number of rotatable bonds is 7. The van der Waals surface area contributed by atoms with Gasteiger partial charge in [-0.25, -0.2) is 13.5 Å². The van der Waals surface area contributed by atoms with E-state index in [0.29, 0.717) is 11.3 Å². The van der Waals surface area contributed by atoms with Crippen LogP contribution in [0.4, 0.5) is 8.78 Å². The lowest BCUT2D eigenvalue weighted by atomic mass is 10.0. The lowest BCUT2D eigenvalue weighted by molar-refractivity contribution is -0.123. The Bertz CT molecular complexity index is 1290. The Morgan fingerprint density at radius 3 is 2.48 bits per heavy atom. The van der Waals surface area contributed by atoms with E-state index in [1.54, 1.807) is 19.2 Å². The molecule has 1 unspecified atom stereocenters. The lowest BCUT2D eigenvalue weighted by Gasteiger charge is -2.17. The minimum Gasteiger partial charge on any atom is -0.467 e. The molecular weight excluding hydrogens is 426 g/mol. The average molecular weight is 450 g/mol. The second-order valence-corrected chi connectivity index (χ2v) is 7.82. The molecule has 170 valence electrons. The fourth-order valence-electron chi connectivity index (χ4n) is 3.87. The van der Waals surface area contributed by atoms with Gasteiger partial charge in [-0.15, -0.1) is 0 Å². The van der Waals surface area contributed by atoms with Crippen molar-refractivity contribution in [3.63, 3.8) is 0 Å². The maximum Gasteiger partial charge on any atom is 0.264 e. The number of fused-ring (bicyclic) bond motifs is 1. The Kier molecular flexibility index (Phi) is 6.35. The first-order chi connectivity index (χ1) is 15.8. The van der Waals surface area contributed by atoms with E-state index in [9.17, 15) is 13.6 Å². The normalized spacial score (nSPS) is 12.2. The second-order valence-electron chi connectivity index (χ2n) is 7.82. The number of carbonyl (C=O) groups is 1. The maximum absolute atomic E-state index is 14.0. The number of alkyl halides is 2. The Morgan fingerprint density at radius 2 is 1.79 bits per heavy atom. The predicted molar refractivity (Wildman–Crippen MR) is 122 cm³/mol. The van der Waals surface area contributed by atoms with E-state index >= 15 is 0 Å². The molecule has 4 aromatic rings. The van der Waals surface area contributed by atoms with Crippen LogP contribution in [0.2, 0.25) is 0 Å². The number of halogens is 2. The van der Waals surface area contributed by atoms with Crippen molar-refractivity contribution in [3.05, 3.63) is 77.4 Å². The van der Waals surface area contributed by atoms with Gasteiger partial charge in [0.15, 0.2) is 12.3 Å². The standard InChI is InChI=1S/C25H24F2N4O2/c1-15-9-7-8-12-18(15)16(2)28-20(32)14-33-21-13-19(24(26)27)22-23(17-10-5-4-6-11-17)30-31(3)25(22)29-21/h4-13,16,24H,14H2,1-3H3,(H,28,32). The van der Waals surface area contributed by atoms with Gasteiger partial charge in [0, 0.05) is 24.2 Å². The summed E-state index contributed by atoms with van der Waals surface area (Å²) in [5, 5.41) is 7.54. The molecule has 1 atom stereocenters. The van der Waals surface area contributed by atoms with Crippen molar-refractivity contribution in [1.82, 2.24) is 20.1 Å². The van der Waals surface area contributed by atoms with Crippen molar-refractivity contribution >= 4 is 16.9 Å². The van der Waals surface area contributed by atoms with Gasteiger partial charge < -0.3 is 10.1 Å². The predicted octanol–water partition coefficient (Wildman–Crippen LogP) is 5.14. The number of aromatic nitrogens is 3. The van der Waals surface area contributed by atoms with Crippen LogP contribution in [0.25, 0.3) is 22.3 Å². The number of benzene rings is 2. The van der Waals surface area contributed by atoms with E-state index in [0.717, 1.165) is 11.1 Å². The number of nitrogens with one attached hydrogen (secondary N) is 1. The molecule has 2 aromatic heterocycles. The molecule has 2 heterocycles. The zero-order valence-electron chi connectivity index (χ0n) is 18.5. The van der Waals surface area contributed by atoms with Gasteiger partial charge in [0.2, 0.25) is 5.88 Å². The monoisotopic (exact) mass is 450 g/mol. The Hall–Kier alpha value is -3.81. The third kappa shape index (κ3) is 4.69. The number of amides is 1. The van der Waals surface area contributed by atoms with Gasteiger partial charge in [-0.1, -0.05) is 54.6 Å². The number of pyridine rings is 1. The van der Waals surface area contributed by atoms with E-state index in [1.807, 2.05) is 56.3 Å². The summed E-state index contributed by atoms with van der Waals surface area (Å²) in [5.74, 6) is -0.430. The van der Waals surface area contributed by atoms with Crippen LogP contribution in [0.1, 0.15) is 36.1 Å². The minimum absolute atomic E-state index is 0.0564. The summed E-state index contributed by atoms with van der Waals surface area (Å²) in [6.45, 7) is 3.50. The number of nitrogens with zero attached hydrogens (tertiary/aromatic N) is 3. The van der Waals surface area contributed by atoms with E-state index in [2.05, 4.69) is 15.4 Å². The molecule has 0 saturated heterocycles. The van der Waals surface area contributed by atoms with E-state index in [4.69, 9.17) is 4.74 Å². The number of ether oxygens (including phenoxy) is 1. The van der Waals surface area contributed by atoms with Crippen molar-refractivity contribution < 1.29 is 18.3 Å². The molecule has 1 amide bonds. The summed E-state index contributed by atoms with van der Waals surface area (Å²) in [5.41, 5.74) is 3.21. The van der Waals surface area contributed by atoms with Gasteiger partial charge in [0.25, 0.3) is 12.3 Å². The zero-order chi connectivity index (χ0) is 23.5. The first-order valence-electron chi connectivity index (χ1n) is 10.5. The Labute approximate surface area is 190 Å². The minimum atomic E-state index is -2.76. The quantitative estimate of drug-likeness (QED) is 0.423. The highest BCUT2D eigenvalue weighted by Gasteiger charge is 2.23. The smallest absolute Gasteiger partial charge is 0.264 e. The molecule has 2 aromatic carbocycles. The summed E-state index contributed by atoms with van der Waals surface area (Å²) >= 11 is 0. The molecule has 6 nitrogen and oxygen atoms in total. The number of hydrogen-bond acceptors (Lipinski definition) is 4. The van der Waals surface area contributed by atoms with Crippen molar-refractivity contribution in [1.29, 1.82) is 0 Å². The molecule has 0 radical (unpaired) electrons. The molecule has 1 N–H and O–H groups in total. The van der Waals surface area contributed by atoms with Gasteiger partial charge in [-0.2, -0.15) is 10.1 Å². The third-order valence-electron chi connectivity index (χ3n) is 5.47. The fourth-order valence-corrected chi connectivity index (χ4v) is 3.87. The van der Waals surface area contributed by atoms with Crippen LogP contribution in [0.3, 0.4) is 0 Å². The molecule has 0 aliphatic heterocycles. The van der Waals surface area contributed by atoms with E-state index in [-0.39, 0.29) is 41.0 Å². The average Bonchev–Trinajstić information content (AvgIpc) is 3.14. The van der Waals surface area contributed by atoms with Crippen LogP contribution in [-0.2, 0) is 11.8 Å². The molecule has 0 bridgehead atoms. The summed E-state index contributed by atoms with van der Waals surface area (Å²) in [6.07, 6.45) is -2.76. The summed E-state index contributed by atoms with van der Waals surface area (Å²) in [4.78, 5) is 16.8. The largest absolute Gasteiger partial charge is 0.467 e. The van der Waals surface area contributed by atoms with Crippen LogP contribution in [0.15, 0.2) is 60.7 Å². The lowest BCUT2D eigenvalue weighted by Crippen LogP contribution is -2.31. The van der Waals surface area contributed by atoms with Crippen LogP contribution in [0, 0.1) is 6.92 Å². The van der Waals surface area contributed by atoms with Gasteiger partial charge >= 0.3 is 0 Å². The molecule has 0 aliphatic rings. The van der Waals surface area contributed by atoms with Gasteiger partial charge in [0.1, 0.15) is 5.69 Å². The molecule has 4 rings (SSSR count). The maximum atomic E-state index is 14.0. The Balaban J connectivity index is 1.57. The van der Waals surface area contributed by atoms with E-state index in [1.165, 1.54) is 10.7 Å². The molecular formula is C25H24F2N4O2. The number of carbonyl (C=O) groups excluding carboxylic acids is 1. The molecule has 8 heteroatoms. The van der Waals surface area contributed by atoms with Crippen LogP contribution < -0.4 is 10.1 Å². The highest BCUT2D eigenvalue weighted by molar-refractivity contribution is 5.94. The second kappa shape index (κ2) is 9.36. The number of hydrogen-bond donors (Lipinski definition) is 1. The zero-order valence-corrected chi connectivity index (χ0v) is 18.5. The van der Waals surface area contributed by atoms with Gasteiger partial charge in [-0.3, -0.25) is 4.79 Å². The van der Waals surface area contributed by atoms with Gasteiger partial charge in [-0.05, 0) is 25.0 Å². The Morgan fingerprint density at radius 1 is 1.09 bits per heavy atom. The summed E-state index contributed by atoms with van der Waals surface area (Å²) in [7, 11) is 1.64. The van der Waals surface area contributed by atoms with Crippen LogP contribution >= 0.6 is 0 Å². The summed E-state index contributed by atoms with van der Waals surface area (Å²) < 4.78 is 34.9. The molecule has 0 spiro atoms. The highest BCUT2D eigenvalue weighted by atomic mass is 19.3. The SMILES string of the molecule is Cc1ccccc1C(C)NC(=O)COc1cc(C(F)F)c2c(-c3ccccc3)nn(C)c2n1. The topological polar surface area (TPSA) is 69.0 Å². The third-order valence-corrected chi connectivity index (χ3v) is 5.47. The summed E-state index contributed by atoms with van der Waals surface area (Å²) in [6, 6.07) is 17.8.